The largest absolute Gasteiger partial charge is 0.507 e. The van der Waals surface area contributed by atoms with E-state index in [0.717, 1.165) is 22.4 Å². The number of aromatic hydroxyl groups is 1. The molecule has 0 unspecified atom stereocenters. The van der Waals surface area contributed by atoms with Crippen LogP contribution in [0.4, 0.5) is 0 Å². The normalized spacial score (nSPS) is 13.7. The van der Waals surface area contributed by atoms with Gasteiger partial charge in [0.15, 0.2) is 0 Å². The van der Waals surface area contributed by atoms with Gasteiger partial charge in [0, 0.05) is 42.3 Å². The van der Waals surface area contributed by atoms with Gasteiger partial charge in [-0.05, 0) is 47.9 Å². The van der Waals surface area contributed by atoms with Crippen LogP contribution in [0.2, 0.25) is 5.02 Å². The summed E-state index contributed by atoms with van der Waals surface area (Å²) in [5.41, 5.74) is 5.74. The van der Waals surface area contributed by atoms with Gasteiger partial charge in [-0.25, -0.2) is 5.84 Å². The average Bonchev–Trinajstić information content (AvgIpc) is 3.50. The number of nitrogens with one attached hydrogen (secondary N) is 1. The summed E-state index contributed by atoms with van der Waals surface area (Å²) in [5, 5.41) is 15.5. The van der Waals surface area contributed by atoms with Crippen molar-refractivity contribution in [2.45, 2.75) is 19.6 Å². The van der Waals surface area contributed by atoms with Crippen LogP contribution in [-0.2, 0) is 24.4 Å². The lowest BCUT2D eigenvalue weighted by atomic mass is 10.0. The Labute approximate surface area is 267 Å². The fraction of sp³-hybridized carbons (Fsp3) is 0.219. The van der Waals surface area contributed by atoms with Gasteiger partial charge in [-0.3, -0.25) is 15.1 Å². The number of benzene rings is 3. The van der Waals surface area contributed by atoms with E-state index in [1.807, 2.05) is 53.4 Å². The third-order valence-electron chi connectivity index (χ3n) is 7.14. The van der Waals surface area contributed by atoms with Crippen molar-refractivity contribution in [2.24, 2.45) is 5.84 Å². The van der Waals surface area contributed by atoms with E-state index in [2.05, 4.69) is 27.0 Å². The average molecular weight is 638 g/mol. The van der Waals surface area contributed by atoms with Crippen LogP contribution in [0.1, 0.15) is 22.6 Å². The number of nitrogens with two attached hydrogens (primary N) is 1. The molecule has 44 heavy (non-hydrogen) atoms. The van der Waals surface area contributed by atoms with Gasteiger partial charge in [-0.2, -0.15) is 4.98 Å². The first-order valence-electron chi connectivity index (χ1n) is 13.9. The fourth-order valence-electron chi connectivity index (χ4n) is 4.79. The smallest absolute Gasteiger partial charge is 0.281 e. The van der Waals surface area contributed by atoms with E-state index >= 15 is 0 Å². The van der Waals surface area contributed by atoms with E-state index in [1.165, 1.54) is 0 Å². The summed E-state index contributed by atoms with van der Waals surface area (Å²) >= 11 is 5.93. The molecule has 0 atom stereocenters. The van der Waals surface area contributed by atoms with Crippen molar-refractivity contribution in [2.75, 3.05) is 26.2 Å². The van der Waals surface area contributed by atoms with Gasteiger partial charge >= 0.3 is 0 Å². The Bertz CT molecular complexity index is 1580. The van der Waals surface area contributed by atoms with Crippen LogP contribution < -0.4 is 16.0 Å². The molecule has 2 heterocycles. The first kappa shape index (κ1) is 32.6. The van der Waals surface area contributed by atoms with Crippen molar-refractivity contribution >= 4 is 36.0 Å². The zero-order valence-electron chi connectivity index (χ0n) is 24.0. The molecule has 0 radical (unpaired) electrons. The molecule has 1 saturated heterocycles. The van der Waals surface area contributed by atoms with Crippen LogP contribution >= 0.6 is 24.0 Å². The molecule has 0 spiro atoms. The molecule has 1 aromatic heterocycles. The van der Waals surface area contributed by atoms with Crippen molar-refractivity contribution in [1.29, 1.82) is 0 Å². The molecule has 12 heteroatoms. The molecule has 3 aromatic carbocycles. The fourth-order valence-corrected chi connectivity index (χ4v) is 4.92. The number of amides is 1. The van der Waals surface area contributed by atoms with Crippen molar-refractivity contribution in [3.05, 3.63) is 113 Å². The Kier molecular flexibility index (Phi) is 11.4. The number of piperazine rings is 1. The van der Waals surface area contributed by atoms with Gasteiger partial charge in [0.2, 0.25) is 11.7 Å². The zero-order chi connectivity index (χ0) is 30.2. The Balaban J connectivity index is 0.00000442. The molecule has 0 aliphatic carbocycles. The second kappa shape index (κ2) is 15.4. The molecule has 4 N–H and O–H groups in total. The number of phenolic OH excluding ortho intramolecular Hbond substituents is 1. The number of hydrazine groups is 1. The second-order valence-corrected chi connectivity index (χ2v) is 10.5. The summed E-state index contributed by atoms with van der Waals surface area (Å²) in [5.74, 6) is 6.96. The monoisotopic (exact) mass is 636 g/mol. The molecule has 0 saturated carbocycles. The topological polar surface area (TPSA) is 130 Å². The maximum Gasteiger partial charge on any atom is 0.281 e. The van der Waals surface area contributed by atoms with Crippen molar-refractivity contribution in [3.63, 3.8) is 0 Å². The zero-order valence-corrected chi connectivity index (χ0v) is 25.6. The van der Waals surface area contributed by atoms with Gasteiger partial charge < -0.3 is 19.3 Å². The van der Waals surface area contributed by atoms with Gasteiger partial charge in [-0.15, -0.1) is 19.0 Å². The summed E-state index contributed by atoms with van der Waals surface area (Å²) in [7, 11) is 0. The Hall–Kier alpha value is -4.35. The first-order valence-corrected chi connectivity index (χ1v) is 14.2. The van der Waals surface area contributed by atoms with E-state index < -0.39 is 5.91 Å². The summed E-state index contributed by atoms with van der Waals surface area (Å²) in [6.45, 7) is 7.13. The molecule has 1 amide bonds. The number of hydrogen-bond donors (Lipinski definition) is 3. The molecule has 230 valence electrons. The van der Waals surface area contributed by atoms with E-state index in [9.17, 15) is 9.90 Å². The predicted molar refractivity (Wildman–Crippen MR) is 172 cm³/mol. The predicted octanol–water partition coefficient (Wildman–Crippen LogP) is 4.97. The Morgan fingerprint density at radius 1 is 1.09 bits per heavy atom. The minimum atomic E-state index is -0.425. The minimum Gasteiger partial charge on any atom is -0.507 e. The summed E-state index contributed by atoms with van der Waals surface area (Å²) in [6.07, 6.45) is 3.91. The molecule has 0 bridgehead atoms. The lowest BCUT2D eigenvalue weighted by molar-refractivity contribution is -0.119. The Morgan fingerprint density at radius 3 is 2.50 bits per heavy atom. The quantitative estimate of drug-likeness (QED) is 0.0686. The molecular weight excluding hydrogens is 603 g/mol. The van der Waals surface area contributed by atoms with Crippen molar-refractivity contribution < 1.29 is 19.2 Å². The van der Waals surface area contributed by atoms with Gasteiger partial charge in [0.1, 0.15) is 23.8 Å². The van der Waals surface area contributed by atoms with Crippen LogP contribution in [-0.4, -0.2) is 57.1 Å². The third kappa shape index (κ3) is 8.18. The number of halogens is 2. The van der Waals surface area contributed by atoms with Gasteiger partial charge in [0.05, 0.1) is 6.54 Å². The van der Waals surface area contributed by atoms with E-state index in [-0.39, 0.29) is 18.2 Å². The number of carbonyl (C=O) groups is 1. The minimum absolute atomic E-state index is 0. The lowest BCUT2D eigenvalue weighted by Crippen LogP contribution is -2.48. The molecule has 1 aliphatic heterocycles. The first-order chi connectivity index (χ1) is 20.9. The number of allylic oxidation sites excluding steroid dienone is 1. The Morgan fingerprint density at radius 2 is 1.82 bits per heavy atom. The lowest BCUT2D eigenvalue weighted by Gasteiger charge is -2.36. The second-order valence-electron chi connectivity index (χ2n) is 10.1. The third-order valence-corrected chi connectivity index (χ3v) is 7.39. The van der Waals surface area contributed by atoms with E-state index in [0.29, 0.717) is 73.7 Å². The number of nitrogens with zero attached hydrogens (tertiary/aromatic N) is 4. The van der Waals surface area contributed by atoms with Crippen LogP contribution in [0.3, 0.4) is 0 Å². The molecule has 1 fully saturated rings. The number of carbonyl (C=O) groups excluding carboxylic acids is 1. The highest BCUT2D eigenvalue weighted by molar-refractivity contribution is 6.30. The van der Waals surface area contributed by atoms with Crippen molar-refractivity contribution in [1.82, 2.24) is 25.4 Å². The van der Waals surface area contributed by atoms with E-state index in [4.69, 9.17) is 26.7 Å². The summed E-state index contributed by atoms with van der Waals surface area (Å²) in [4.78, 5) is 21.4. The van der Waals surface area contributed by atoms with Crippen LogP contribution in [0.5, 0.6) is 11.5 Å². The number of hydrogen-bond acceptors (Lipinski definition) is 9. The number of phenols is 1. The number of rotatable bonds is 11. The highest BCUT2D eigenvalue weighted by atomic mass is 35.5. The molecule has 1 aliphatic rings. The molecule has 5 rings (SSSR count). The SMILES string of the molecule is C=CCc1cccc(C=C(C(=O)NN)N2CCN(Cc3nc(-c4ccc(COc5ccc(Cl)cc5)cc4)no3)CC2)c1O.Cl. The number of para-hydroxylation sites is 1. The molecule has 4 aromatic rings. The van der Waals surface area contributed by atoms with Crippen LogP contribution in [0, 0.1) is 0 Å². The van der Waals surface area contributed by atoms with Crippen LogP contribution in [0.25, 0.3) is 17.5 Å². The highest BCUT2D eigenvalue weighted by Gasteiger charge is 2.24. The van der Waals surface area contributed by atoms with Gasteiger partial charge in [0.25, 0.3) is 5.91 Å². The standard InChI is InChI=1S/C32H33ClN6O4.ClH/c1-2-4-23-5-3-6-25(30(23)40)19-28(32(41)36-34)39-17-15-38(16-18-39)20-29-35-31(37-43-29)24-9-7-22(8-10-24)21-42-27-13-11-26(33)12-14-27;/h2-3,5-14,19,40H,1,4,15-18,20-21,34H2,(H,36,41);1H. The summed E-state index contributed by atoms with van der Waals surface area (Å²) < 4.78 is 11.3. The number of ether oxygens (including phenoxy) is 1. The van der Waals surface area contributed by atoms with Crippen LogP contribution in [0.15, 0.2) is 89.6 Å². The van der Waals surface area contributed by atoms with Gasteiger partial charge in [-0.1, -0.05) is 65.3 Å². The van der Waals surface area contributed by atoms with E-state index in [1.54, 1.807) is 30.4 Å². The maximum atomic E-state index is 12.7. The molecular formula is C32H34Cl2N6O4. The molecule has 10 nitrogen and oxygen atoms in total. The van der Waals surface area contributed by atoms with Crippen molar-refractivity contribution in [3.8, 4) is 22.9 Å². The summed E-state index contributed by atoms with van der Waals surface area (Å²) in [6, 6.07) is 20.5. The highest BCUT2D eigenvalue weighted by Crippen LogP contribution is 2.27. The number of aromatic nitrogens is 2. The maximum absolute atomic E-state index is 12.7.